The number of hydrogen-bond donors (Lipinski definition) is 0. The number of likely N-dealkylation sites (tertiary alicyclic amines) is 1. The molecule has 0 aromatic rings. The molecule has 0 bridgehead atoms. The maximum absolute atomic E-state index is 5.32. The largest absolute Gasteiger partial charge is 0.359 e. The van der Waals surface area contributed by atoms with Crippen molar-refractivity contribution < 1.29 is 4.74 Å². The molecule has 0 spiro atoms. The smallest absolute Gasteiger partial charge is 0.150 e. The van der Waals surface area contributed by atoms with Crippen LogP contribution in [-0.4, -0.2) is 24.6 Å². The van der Waals surface area contributed by atoms with Crippen molar-refractivity contribution in [2.75, 3.05) is 19.7 Å². The SMILES string of the molecule is CCCO[CH]N1CCCCC1. The summed E-state index contributed by atoms with van der Waals surface area (Å²) in [6.07, 6.45) is 5.14. The van der Waals surface area contributed by atoms with E-state index in [1.54, 1.807) is 0 Å². The van der Waals surface area contributed by atoms with Crippen LogP contribution in [0.2, 0.25) is 0 Å². The zero-order chi connectivity index (χ0) is 7.94. The van der Waals surface area contributed by atoms with Crippen LogP contribution in [0.1, 0.15) is 32.6 Å². The first-order valence-electron chi connectivity index (χ1n) is 4.62. The first-order chi connectivity index (χ1) is 5.43. The van der Waals surface area contributed by atoms with Crippen molar-refractivity contribution in [2.45, 2.75) is 32.6 Å². The molecular formula is C9H18NO. The van der Waals surface area contributed by atoms with E-state index in [2.05, 4.69) is 11.8 Å². The molecule has 0 unspecified atom stereocenters. The lowest BCUT2D eigenvalue weighted by molar-refractivity contribution is 0.0870. The van der Waals surface area contributed by atoms with Crippen molar-refractivity contribution >= 4 is 0 Å². The van der Waals surface area contributed by atoms with Crippen molar-refractivity contribution in [3.8, 4) is 0 Å². The zero-order valence-electron chi connectivity index (χ0n) is 7.38. The van der Waals surface area contributed by atoms with Gasteiger partial charge >= 0.3 is 0 Å². The highest BCUT2D eigenvalue weighted by atomic mass is 16.5. The molecule has 1 rings (SSSR count). The Morgan fingerprint density at radius 3 is 2.64 bits per heavy atom. The molecule has 0 aromatic carbocycles. The summed E-state index contributed by atoms with van der Waals surface area (Å²) in [7, 11) is 0. The van der Waals surface area contributed by atoms with Crippen molar-refractivity contribution in [1.29, 1.82) is 0 Å². The average Bonchev–Trinajstić information content (AvgIpc) is 2.07. The van der Waals surface area contributed by atoms with E-state index in [1.807, 2.05) is 6.73 Å². The van der Waals surface area contributed by atoms with E-state index in [0.717, 1.165) is 13.0 Å². The highest BCUT2D eigenvalue weighted by Gasteiger charge is 2.09. The summed E-state index contributed by atoms with van der Waals surface area (Å²) in [6.45, 7) is 7.26. The van der Waals surface area contributed by atoms with Crippen molar-refractivity contribution in [3.05, 3.63) is 6.73 Å². The van der Waals surface area contributed by atoms with Gasteiger partial charge in [-0.15, -0.1) is 0 Å². The third kappa shape index (κ3) is 3.73. The average molecular weight is 156 g/mol. The van der Waals surface area contributed by atoms with Gasteiger partial charge in [-0.25, -0.2) is 0 Å². The molecule has 0 atom stereocenters. The topological polar surface area (TPSA) is 12.5 Å². The van der Waals surface area contributed by atoms with Crippen molar-refractivity contribution in [1.82, 2.24) is 4.90 Å². The molecular weight excluding hydrogens is 138 g/mol. The number of ether oxygens (including phenoxy) is 1. The van der Waals surface area contributed by atoms with E-state index in [9.17, 15) is 0 Å². The van der Waals surface area contributed by atoms with Crippen molar-refractivity contribution in [3.63, 3.8) is 0 Å². The first kappa shape index (κ1) is 9.01. The Labute approximate surface area is 69.5 Å². The van der Waals surface area contributed by atoms with E-state index >= 15 is 0 Å². The van der Waals surface area contributed by atoms with Crippen LogP contribution in [0.15, 0.2) is 0 Å². The van der Waals surface area contributed by atoms with Crippen LogP contribution in [-0.2, 0) is 4.74 Å². The zero-order valence-corrected chi connectivity index (χ0v) is 7.38. The van der Waals surface area contributed by atoms with Gasteiger partial charge in [0.2, 0.25) is 0 Å². The Morgan fingerprint density at radius 2 is 2.00 bits per heavy atom. The summed E-state index contributed by atoms with van der Waals surface area (Å²) < 4.78 is 5.32. The molecule has 1 aliphatic heterocycles. The Kier molecular flexibility index (Phi) is 4.55. The molecule has 0 amide bonds. The maximum Gasteiger partial charge on any atom is 0.150 e. The van der Waals surface area contributed by atoms with Gasteiger partial charge in [-0.05, 0) is 19.3 Å². The Bertz CT molecular complexity index is 89.6. The lowest BCUT2D eigenvalue weighted by Crippen LogP contribution is -2.28. The number of rotatable bonds is 4. The summed E-state index contributed by atoms with van der Waals surface area (Å²) in [5.41, 5.74) is 0. The van der Waals surface area contributed by atoms with Gasteiger partial charge in [0.25, 0.3) is 0 Å². The number of nitrogens with zero attached hydrogens (tertiary/aromatic N) is 1. The fourth-order valence-electron chi connectivity index (χ4n) is 1.30. The van der Waals surface area contributed by atoms with E-state index < -0.39 is 0 Å². The van der Waals surface area contributed by atoms with E-state index in [1.165, 1.54) is 32.4 Å². The normalized spacial score (nSPS) is 20.5. The molecule has 1 radical (unpaired) electrons. The minimum absolute atomic E-state index is 0.858. The highest BCUT2D eigenvalue weighted by molar-refractivity contribution is 4.66. The lowest BCUT2D eigenvalue weighted by Gasteiger charge is -2.24. The Morgan fingerprint density at radius 1 is 1.27 bits per heavy atom. The molecule has 0 aromatic heterocycles. The quantitative estimate of drug-likeness (QED) is 0.577. The number of piperidine rings is 1. The van der Waals surface area contributed by atoms with Gasteiger partial charge in [0.15, 0.2) is 6.73 Å². The molecule has 11 heavy (non-hydrogen) atoms. The molecule has 1 heterocycles. The first-order valence-corrected chi connectivity index (χ1v) is 4.62. The van der Waals surface area contributed by atoms with Gasteiger partial charge in [0, 0.05) is 19.7 Å². The summed E-state index contributed by atoms with van der Waals surface area (Å²) in [5, 5.41) is 0. The predicted octanol–water partition coefficient (Wildman–Crippen LogP) is 2.02. The minimum atomic E-state index is 0.858. The Balaban J connectivity index is 1.96. The summed E-state index contributed by atoms with van der Waals surface area (Å²) in [5.74, 6) is 0. The standard InChI is InChI=1S/C9H18NO/c1-2-8-11-9-10-6-4-3-5-7-10/h9H,2-8H2,1H3. The van der Waals surface area contributed by atoms with Crippen LogP contribution >= 0.6 is 0 Å². The lowest BCUT2D eigenvalue weighted by atomic mass is 10.1. The summed E-state index contributed by atoms with van der Waals surface area (Å²) in [4.78, 5) is 2.28. The van der Waals surface area contributed by atoms with Crippen LogP contribution in [0.25, 0.3) is 0 Å². The fourth-order valence-corrected chi connectivity index (χ4v) is 1.30. The van der Waals surface area contributed by atoms with Gasteiger partial charge in [-0.2, -0.15) is 0 Å². The molecule has 0 saturated carbocycles. The van der Waals surface area contributed by atoms with Gasteiger partial charge in [0.05, 0.1) is 0 Å². The third-order valence-electron chi connectivity index (χ3n) is 1.94. The monoisotopic (exact) mass is 156 g/mol. The summed E-state index contributed by atoms with van der Waals surface area (Å²) >= 11 is 0. The van der Waals surface area contributed by atoms with Crippen LogP contribution in [0.4, 0.5) is 0 Å². The minimum Gasteiger partial charge on any atom is -0.359 e. The predicted molar refractivity (Wildman–Crippen MR) is 46.0 cm³/mol. The molecule has 2 heteroatoms. The Hall–Kier alpha value is -0.0800. The summed E-state index contributed by atoms with van der Waals surface area (Å²) in [6, 6.07) is 0. The molecule has 1 saturated heterocycles. The van der Waals surface area contributed by atoms with Crippen molar-refractivity contribution in [2.24, 2.45) is 0 Å². The molecule has 0 N–H and O–H groups in total. The fraction of sp³-hybridized carbons (Fsp3) is 0.889. The molecule has 0 aliphatic carbocycles. The van der Waals surface area contributed by atoms with Crippen LogP contribution in [0.5, 0.6) is 0 Å². The second-order valence-electron chi connectivity index (χ2n) is 3.07. The van der Waals surface area contributed by atoms with Crippen LogP contribution < -0.4 is 0 Å². The van der Waals surface area contributed by atoms with Gasteiger partial charge in [-0.1, -0.05) is 13.3 Å². The van der Waals surface area contributed by atoms with E-state index in [4.69, 9.17) is 4.74 Å². The van der Waals surface area contributed by atoms with Crippen LogP contribution in [0.3, 0.4) is 0 Å². The maximum atomic E-state index is 5.32. The van der Waals surface area contributed by atoms with Gasteiger partial charge < -0.3 is 4.74 Å². The second-order valence-corrected chi connectivity index (χ2v) is 3.07. The molecule has 1 aliphatic rings. The molecule has 65 valence electrons. The molecule has 1 fully saturated rings. The van der Waals surface area contributed by atoms with E-state index in [-0.39, 0.29) is 0 Å². The molecule has 2 nitrogen and oxygen atoms in total. The highest BCUT2D eigenvalue weighted by Crippen LogP contribution is 2.09. The second kappa shape index (κ2) is 5.56. The van der Waals surface area contributed by atoms with E-state index in [0.29, 0.717) is 0 Å². The third-order valence-corrected chi connectivity index (χ3v) is 1.94. The van der Waals surface area contributed by atoms with Gasteiger partial charge in [-0.3, -0.25) is 4.90 Å². The number of hydrogen-bond acceptors (Lipinski definition) is 2. The van der Waals surface area contributed by atoms with Gasteiger partial charge in [0.1, 0.15) is 0 Å². The van der Waals surface area contributed by atoms with Crippen LogP contribution in [0, 0.1) is 6.73 Å².